The molecule has 0 fully saturated rings. The van der Waals surface area contributed by atoms with Gasteiger partial charge in [-0.2, -0.15) is 0 Å². The summed E-state index contributed by atoms with van der Waals surface area (Å²) in [7, 11) is -3.17. The first-order valence-electron chi connectivity index (χ1n) is 9.52. The first-order valence-corrected chi connectivity index (χ1v) is 11.4. The lowest BCUT2D eigenvalue weighted by Crippen LogP contribution is -2.23. The summed E-state index contributed by atoms with van der Waals surface area (Å²) in [4.78, 5) is 9.18. The van der Waals surface area contributed by atoms with E-state index in [1.165, 1.54) is 0 Å². The van der Waals surface area contributed by atoms with Gasteiger partial charge < -0.3 is 15.4 Å². The average Bonchev–Trinajstić information content (AvgIpc) is 2.99. The Morgan fingerprint density at radius 3 is 2.71 bits per heavy atom. The average molecular weight is 406 g/mol. The van der Waals surface area contributed by atoms with Crippen LogP contribution in [0.15, 0.2) is 18.2 Å². The first-order chi connectivity index (χ1) is 13.3. The zero-order valence-electron chi connectivity index (χ0n) is 16.3. The minimum Gasteiger partial charge on any atom is -0.508 e. The first kappa shape index (κ1) is 20.3. The van der Waals surface area contributed by atoms with Crippen LogP contribution in [-0.2, 0) is 23.0 Å². The van der Waals surface area contributed by atoms with Gasteiger partial charge in [0.25, 0.3) is 0 Å². The Bertz CT molecular complexity index is 1090. The molecule has 0 atom stereocenters. The van der Waals surface area contributed by atoms with E-state index in [0.717, 1.165) is 48.7 Å². The fourth-order valence-electron chi connectivity index (χ4n) is 3.36. The number of aryl methyl sites for hydroxylation is 2. The molecule has 3 rings (SSSR count). The maximum Gasteiger partial charge on any atom is 0.208 e. The molecular formula is C19H27N5O3S. The summed E-state index contributed by atoms with van der Waals surface area (Å²) in [5.41, 5.74) is 8.41. The van der Waals surface area contributed by atoms with Crippen LogP contribution >= 0.6 is 0 Å². The summed E-state index contributed by atoms with van der Waals surface area (Å²) in [6.45, 7) is 3.23. The molecule has 0 aliphatic heterocycles. The van der Waals surface area contributed by atoms with E-state index < -0.39 is 10.0 Å². The number of unbranched alkanes of at least 4 members (excludes halogenated alkanes) is 2. The van der Waals surface area contributed by atoms with Crippen molar-refractivity contribution in [1.29, 1.82) is 0 Å². The van der Waals surface area contributed by atoms with Crippen LogP contribution in [-0.4, -0.2) is 40.9 Å². The third kappa shape index (κ3) is 4.53. The van der Waals surface area contributed by atoms with E-state index in [-0.39, 0.29) is 5.75 Å². The molecule has 4 N–H and O–H groups in total. The molecule has 8 nitrogen and oxygen atoms in total. The number of sulfonamides is 1. The Morgan fingerprint density at radius 1 is 1.21 bits per heavy atom. The molecule has 0 aliphatic rings. The molecule has 0 bridgehead atoms. The van der Waals surface area contributed by atoms with Gasteiger partial charge in [-0.25, -0.2) is 23.1 Å². The Labute approximate surface area is 164 Å². The van der Waals surface area contributed by atoms with Crippen LogP contribution in [0.25, 0.3) is 21.9 Å². The molecule has 0 saturated carbocycles. The molecule has 0 unspecified atom stereocenters. The number of aromatic hydroxyl groups is 1. The van der Waals surface area contributed by atoms with Crippen molar-refractivity contribution in [2.75, 3.05) is 18.5 Å². The van der Waals surface area contributed by atoms with Gasteiger partial charge in [-0.15, -0.1) is 0 Å². The molecule has 2 aromatic heterocycles. The summed E-state index contributed by atoms with van der Waals surface area (Å²) in [6, 6.07) is 5.03. The van der Waals surface area contributed by atoms with Crippen LogP contribution in [0.2, 0.25) is 0 Å². The summed E-state index contributed by atoms with van der Waals surface area (Å²) in [5, 5.41) is 10.8. The predicted molar refractivity (Wildman–Crippen MR) is 112 cm³/mol. The number of hydrogen-bond acceptors (Lipinski definition) is 6. The number of phenolic OH excluding ortho intramolecular Hbond substituents is 1. The van der Waals surface area contributed by atoms with Gasteiger partial charge in [0.05, 0.1) is 17.3 Å². The second-order valence-corrected chi connectivity index (χ2v) is 8.89. The van der Waals surface area contributed by atoms with Gasteiger partial charge in [-0.05, 0) is 37.5 Å². The van der Waals surface area contributed by atoms with Crippen molar-refractivity contribution >= 4 is 37.8 Å². The third-order valence-corrected chi connectivity index (χ3v) is 5.42. The molecule has 9 heteroatoms. The van der Waals surface area contributed by atoms with Gasteiger partial charge >= 0.3 is 0 Å². The number of benzene rings is 1. The predicted octanol–water partition coefficient (Wildman–Crippen LogP) is 2.54. The minimum absolute atomic E-state index is 0.167. The van der Waals surface area contributed by atoms with Crippen molar-refractivity contribution in [3.8, 4) is 5.75 Å². The van der Waals surface area contributed by atoms with Crippen LogP contribution in [0, 0.1) is 0 Å². The topological polar surface area (TPSA) is 123 Å². The van der Waals surface area contributed by atoms with E-state index in [1.54, 1.807) is 18.2 Å². The number of imidazole rings is 1. The normalized spacial score (nSPS) is 12.2. The third-order valence-electron chi connectivity index (χ3n) is 4.69. The van der Waals surface area contributed by atoms with E-state index in [1.807, 2.05) is 0 Å². The van der Waals surface area contributed by atoms with E-state index in [2.05, 4.69) is 21.2 Å². The lowest BCUT2D eigenvalue weighted by molar-refractivity contribution is 0.476. The summed E-state index contributed by atoms with van der Waals surface area (Å²) >= 11 is 0. The molecular weight excluding hydrogens is 378 g/mol. The molecule has 28 heavy (non-hydrogen) atoms. The molecule has 1 aromatic carbocycles. The number of nitrogen functional groups attached to an aromatic ring is 1. The number of nitrogens with two attached hydrogens (primary N) is 1. The van der Waals surface area contributed by atoms with Gasteiger partial charge in [-0.1, -0.05) is 13.3 Å². The smallest absolute Gasteiger partial charge is 0.208 e. The molecule has 0 spiro atoms. The fourth-order valence-corrected chi connectivity index (χ4v) is 3.88. The quantitative estimate of drug-likeness (QED) is 0.470. The maximum atomic E-state index is 11.2. The molecule has 0 radical (unpaired) electrons. The van der Waals surface area contributed by atoms with E-state index in [9.17, 15) is 13.5 Å². The molecule has 0 saturated heterocycles. The highest BCUT2D eigenvalue weighted by molar-refractivity contribution is 7.88. The molecule has 0 aliphatic carbocycles. The number of nitrogens with one attached hydrogen (secondary N) is 1. The van der Waals surface area contributed by atoms with Crippen LogP contribution in [0.3, 0.4) is 0 Å². The second-order valence-electron chi connectivity index (χ2n) is 7.05. The summed E-state index contributed by atoms with van der Waals surface area (Å²) in [5.74, 6) is 1.49. The van der Waals surface area contributed by atoms with Crippen molar-refractivity contribution in [2.45, 2.75) is 45.6 Å². The number of nitrogens with zero attached hydrogens (tertiary/aromatic N) is 3. The molecule has 0 amide bonds. The van der Waals surface area contributed by atoms with E-state index in [4.69, 9.17) is 10.7 Å². The second kappa shape index (κ2) is 8.32. The van der Waals surface area contributed by atoms with E-state index in [0.29, 0.717) is 36.4 Å². The Balaban J connectivity index is 1.99. The summed E-state index contributed by atoms with van der Waals surface area (Å²) < 4.78 is 27.1. The lowest BCUT2D eigenvalue weighted by atomic mass is 10.1. The van der Waals surface area contributed by atoms with Crippen LogP contribution < -0.4 is 10.5 Å². The van der Waals surface area contributed by atoms with Gasteiger partial charge in [0, 0.05) is 24.9 Å². The van der Waals surface area contributed by atoms with Gasteiger partial charge in [0.2, 0.25) is 10.0 Å². The number of rotatable bonds is 9. The van der Waals surface area contributed by atoms with Gasteiger partial charge in [0.15, 0.2) is 5.82 Å². The zero-order chi connectivity index (χ0) is 20.3. The monoisotopic (exact) mass is 405 g/mol. The van der Waals surface area contributed by atoms with Crippen molar-refractivity contribution in [2.24, 2.45) is 0 Å². The number of phenols is 1. The Morgan fingerprint density at radius 2 is 2.00 bits per heavy atom. The highest BCUT2D eigenvalue weighted by Crippen LogP contribution is 2.31. The minimum atomic E-state index is -3.17. The van der Waals surface area contributed by atoms with Crippen molar-refractivity contribution in [3.63, 3.8) is 0 Å². The molecule has 3 aromatic rings. The van der Waals surface area contributed by atoms with Gasteiger partial charge in [0.1, 0.15) is 17.1 Å². The zero-order valence-corrected chi connectivity index (χ0v) is 17.1. The number of pyridine rings is 1. The largest absolute Gasteiger partial charge is 0.508 e. The standard InChI is InChI=1S/C19H27N5O3S/c1-3-4-7-16-23-17-18(24(16)11-6-5-10-21-28(2,26)27)14-12-13(25)8-9-15(14)22-19(17)20/h8-9,12,21,25H,3-7,10-11H2,1-2H3,(H2,20,22). The summed E-state index contributed by atoms with van der Waals surface area (Å²) in [6.07, 6.45) is 5.55. The van der Waals surface area contributed by atoms with Crippen LogP contribution in [0.4, 0.5) is 5.82 Å². The van der Waals surface area contributed by atoms with Crippen molar-refractivity contribution in [3.05, 3.63) is 24.0 Å². The Kier molecular flexibility index (Phi) is 6.04. The number of anilines is 1. The maximum absolute atomic E-state index is 11.2. The highest BCUT2D eigenvalue weighted by atomic mass is 32.2. The van der Waals surface area contributed by atoms with Crippen LogP contribution in [0.5, 0.6) is 5.75 Å². The van der Waals surface area contributed by atoms with Crippen molar-refractivity contribution < 1.29 is 13.5 Å². The van der Waals surface area contributed by atoms with Crippen LogP contribution in [0.1, 0.15) is 38.4 Å². The lowest BCUT2D eigenvalue weighted by Gasteiger charge is -2.11. The van der Waals surface area contributed by atoms with Crippen molar-refractivity contribution in [1.82, 2.24) is 19.3 Å². The van der Waals surface area contributed by atoms with Gasteiger partial charge in [-0.3, -0.25) is 0 Å². The number of hydrogen-bond donors (Lipinski definition) is 3. The Hall–Kier alpha value is -2.39. The highest BCUT2D eigenvalue weighted by Gasteiger charge is 2.17. The molecule has 152 valence electrons. The fraction of sp³-hybridized carbons (Fsp3) is 0.474. The SMILES string of the molecule is CCCCc1nc2c(N)nc3ccc(O)cc3c2n1CCCCNS(C)(=O)=O. The number of fused-ring (bicyclic) bond motifs is 3. The number of aromatic nitrogens is 3. The molecule has 2 heterocycles. The van der Waals surface area contributed by atoms with E-state index >= 15 is 0 Å².